The maximum atomic E-state index is 9.82. The summed E-state index contributed by atoms with van der Waals surface area (Å²) in [6, 6.07) is 3.59. The van der Waals surface area contributed by atoms with Gasteiger partial charge >= 0.3 is 0 Å². The van der Waals surface area contributed by atoms with E-state index in [1.165, 1.54) is 0 Å². The van der Waals surface area contributed by atoms with E-state index >= 15 is 0 Å². The minimum Gasteiger partial charge on any atom is -0.508 e. The van der Waals surface area contributed by atoms with Gasteiger partial charge < -0.3 is 19.9 Å². The number of hydrogen-bond donors (Lipinski definition) is 2. The first kappa shape index (κ1) is 15.9. The fourth-order valence-corrected chi connectivity index (χ4v) is 3.03. The molecule has 2 rings (SSSR count). The highest BCUT2D eigenvalue weighted by atomic mass is 16.5. The van der Waals surface area contributed by atoms with Gasteiger partial charge in [-0.3, -0.25) is 4.90 Å². The van der Waals surface area contributed by atoms with Crippen molar-refractivity contribution < 1.29 is 14.6 Å². The molecule has 0 bridgehead atoms. The largest absolute Gasteiger partial charge is 0.508 e. The van der Waals surface area contributed by atoms with Crippen molar-refractivity contribution in [2.75, 3.05) is 40.4 Å². The molecule has 118 valence electrons. The summed E-state index contributed by atoms with van der Waals surface area (Å²) in [6.45, 7) is 6.22. The van der Waals surface area contributed by atoms with E-state index in [0.717, 1.165) is 44.6 Å². The van der Waals surface area contributed by atoms with E-state index in [-0.39, 0.29) is 11.8 Å². The van der Waals surface area contributed by atoms with Gasteiger partial charge in [-0.2, -0.15) is 0 Å². The molecule has 21 heavy (non-hydrogen) atoms. The fraction of sp³-hybridized carbons (Fsp3) is 0.625. The number of phenolic OH excluding ortho intramolecular Hbond substituents is 1. The Labute approximate surface area is 126 Å². The topological polar surface area (TPSA) is 54.0 Å². The molecule has 0 saturated carbocycles. The minimum absolute atomic E-state index is 0.169. The van der Waals surface area contributed by atoms with E-state index in [1.54, 1.807) is 26.4 Å². The molecule has 5 heteroatoms. The van der Waals surface area contributed by atoms with Crippen molar-refractivity contribution in [3.63, 3.8) is 0 Å². The quantitative estimate of drug-likeness (QED) is 0.842. The molecule has 1 aromatic carbocycles. The second-order valence-electron chi connectivity index (χ2n) is 5.35. The third kappa shape index (κ3) is 3.60. The summed E-state index contributed by atoms with van der Waals surface area (Å²) in [4.78, 5) is 2.47. The highest BCUT2D eigenvalue weighted by Crippen LogP contribution is 2.42. The number of nitrogens with zero attached hydrogens (tertiary/aromatic N) is 1. The zero-order valence-electron chi connectivity index (χ0n) is 13.2. The molecule has 0 radical (unpaired) electrons. The lowest BCUT2D eigenvalue weighted by Gasteiger charge is -2.36. The summed E-state index contributed by atoms with van der Waals surface area (Å²) in [5, 5.41) is 13.2. The van der Waals surface area contributed by atoms with Crippen LogP contribution in [0.2, 0.25) is 0 Å². The third-order valence-corrected chi connectivity index (χ3v) is 4.02. The highest BCUT2D eigenvalue weighted by molar-refractivity contribution is 5.52. The maximum Gasteiger partial charge on any atom is 0.131 e. The molecule has 1 atom stereocenters. The number of nitrogens with one attached hydrogen (secondary N) is 1. The van der Waals surface area contributed by atoms with Gasteiger partial charge in [0.2, 0.25) is 0 Å². The molecule has 1 heterocycles. The molecular weight excluding hydrogens is 268 g/mol. The van der Waals surface area contributed by atoms with Crippen LogP contribution in [0.4, 0.5) is 0 Å². The fourth-order valence-electron chi connectivity index (χ4n) is 3.03. The molecule has 0 aliphatic carbocycles. The Morgan fingerprint density at radius 3 is 2.24 bits per heavy atom. The van der Waals surface area contributed by atoms with Gasteiger partial charge in [-0.05, 0) is 6.42 Å². The molecule has 5 nitrogen and oxygen atoms in total. The lowest BCUT2D eigenvalue weighted by Crippen LogP contribution is -2.45. The van der Waals surface area contributed by atoms with E-state index in [1.807, 2.05) is 0 Å². The number of piperazine rings is 1. The van der Waals surface area contributed by atoms with Gasteiger partial charge in [-0.15, -0.1) is 0 Å². The molecule has 1 aliphatic heterocycles. The van der Waals surface area contributed by atoms with Crippen LogP contribution in [0.5, 0.6) is 17.2 Å². The summed E-state index contributed by atoms with van der Waals surface area (Å²) in [5.41, 5.74) is 1.04. The Morgan fingerprint density at radius 2 is 1.76 bits per heavy atom. The van der Waals surface area contributed by atoms with Crippen LogP contribution >= 0.6 is 0 Å². The Bertz CT molecular complexity index is 434. The van der Waals surface area contributed by atoms with Crippen molar-refractivity contribution in [2.45, 2.75) is 25.8 Å². The average Bonchev–Trinajstić information content (AvgIpc) is 2.53. The number of methoxy groups -OCH3 is 2. The molecule has 1 fully saturated rings. The van der Waals surface area contributed by atoms with Crippen molar-refractivity contribution in [3.8, 4) is 17.2 Å². The van der Waals surface area contributed by atoms with Gasteiger partial charge in [0.25, 0.3) is 0 Å². The van der Waals surface area contributed by atoms with E-state index in [4.69, 9.17) is 9.47 Å². The lowest BCUT2D eigenvalue weighted by atomic mass is 9.97. The van der Waals surface area contributed by atoms with Crippen molar-refractivity contribution in [1.29, 1.82) is 0 Å². The highest BCUT2D eigenvalue weighted by Gasteiger charge is 2.27. The summed E-state index contributed by atoms with van der Waals surface area (Å²) in [7, 11) is 3.27. The number of hydrogen-bond acceptors (Lipinski definition) is 5. The van der Waals surface area contributed by atoms with E-state index < -0.39 is 0 Å². The standard InChI is InChI=1S/C16H26N2O3/c1-4-5-13(18-8-6-17-7-9-18)16-14(20-2)10-12(19)11-15(16)21-3/h10-11,13,17,19H,4-9H2,1-3H3/t13-/m1/s1. The van der Waals surface area contributed by atoms with Crippen LogP contribution in [0.15, 0.2) is 12.1 Å². The SMILES string of the molecule is CCC[C@H](c1c(OC)cc(O)cc1OC)N1CCNCC1. The van der Waals surface area contributed by atoms with Crippen molar-refractivity contribution in [1.82, 2.24) is 10.2 Å². The van der Waals surface area contributed by atoms with Gasteiger partial charge in [-0.1, -0.05) is 13.3 Å². The van der Waals surface area contributed by atoms with Gasteiger partial charge in [0, 0.05) is 44.4 Å². The molecule has 0 spiro atoms. The summed E-state index contributed by atoms with van der Waals surface area (Å²) < 4.78 is 11.0. The van der Waals surface area contributed by atoms with Crippen LogP contribution < -0.4 is 14.8 Å². The third-order valence-electron chi connectivity index (χ3n) is 4.02. The van der Waals surface area contributed by atoms with E-state index in [0.29, 0.717) is 11.5 Å². The van der Waals surface area contributed by atoms with Crippen LogP contribution in [-0.2, 0) is 0 Å². The van der Waals surface area contributed by atoms with Crippen molar-refractivity contribution >= 4 is 0 Å². The monoisotopic (exact) mass is 294 g/mol. The Hall–Kier alpha value is -1.46. The van der Waals surface area contributed by atoms with E-state index in [2.05, 4.69) is 17.1 Å². The lowest BCUT2D eigenvalue weighted by molar-refractivity contribution is 0.158. The minimum atomic E-state index is 0.169. The van der Waals surface area contributed by atoms with Gasteiger partial charge in [-0.25, -0.2) is 0 Å². The Kier molecular flexibility index (Phi) is 5.70. The zero-order valence-corrected chi connectivity index (χ0v) is 13.2. The molecule has 1 saturated heterocycles. The van der Waals surface area contributed by atoms with Gasteiger partial charge in [0.05, 0.1) is 19.8 Å². The summed E-state index contributed by atoms with van der Waals surface area (Å²) >= 11 is 0. The van der Waals surface area contributed by atoms with Crippen LogP contribution in [0.25, 0.3) is 0 Å². The number of benzene rings is 1. The number of aromatic hydroxyl groups is 1. The van der Waals surface area contributed by atoms with Crippen molar-refractivity contribution in [2.24, 2.45) is 0 Å². The maximum absolute atomic E-state index is 9.82. The second kappa shape index (κ2) is 7.52. The molecule has 0 unspecified atom stereocenters. The predicted molar refractivity (Wildman–Crippen MR) is 83.3 cm³/mol. The number of rotatable bonds is 6. The molecule has 0 amide bonds. The van der Waals surface area contributed by atoms with Gasteiger partial charge in [0.1, 0.15) is 17.2 Å². The smallest absolute Gasteiger partial charge is 0.131 e. The van der Waals surface area contributed by atoms with Crippen LogP contribution in [-0.4, -0.2) is 50.4 Å². The molecule has 1 aromatic rings. The average molecular weight is 294 g/mol. The van der Waals surface area contributed by atoms with Crippen LogP contribution in [0.1, 0.15) is 31.4 Å². The summed E-state index contributed by atoms with van der Waals surface area (Å²) in [6.07, 6.45) is 2.12. The first-order chi connectivity index (χ1) is 10.2. The zero-order chi connectivity index (χ0) is 15.2. The van der Waals surface area contributed by atoms with Crippen molar-refractivity contribution in [3.05, 3.63) is 17.7 Å². The summed E-state index contributed by atoms with van der Waals surface area (Å²) in [5.74, 6) is 1.57. The van der Waals surface area contributed by atoms with Crippen LogP contribution in [0, 0.1) is 0 Å². The van der Waals surface area contributed by atoms with Crippen LogP contribution in [0.3, 0.4) is 0 Å². The molecule has 2 N–H and O–H groups in total. The molecular formula is C16H26N2O3. The predicted octanol–water partition coefficient (Wildman–Crippen LogP) is 2.16. The first-order valence-corrected chi connectivity index (χ1v) is 7.60. The normalized spacial score (nSPS) is 17.5. The Balaban J connectivity index is 2.42. The number of ether oxygens (including phenoxy) is 2. The molecule has 0 aromatic heterocycles. The first-order valence-electron chi connectivity index (χ1n) is 7.60. The van der Waals surface area contributed by atoms with E-state index in [9.17, 15) is 5.11 Å². The molecule has 1 aliphatic rings. The van der Waals surface area contributed by atoms with Gasteiger partial charge in [0.15, 0.2) is 0 Å². The number of phenols is 1. The second-order valence-corrected chi connectivity index (χ2v) is 5.35. The Morgan fingerprint density at radius 1 is 1.19 bits per heavy atom.